The van der Waals surface area contributed by atoms with Gasteiger partial charge < -0.3 is 25.8 Å². The van der Waals surface area contributed by atoms with Gasteiger partial charge in [0.1, 0.15) is 6.04 Å². The maximum Gasteiger partial charge on any atom is 0.326 e. The molecule has 118 valence electrons. The second-order valence-corrected chi connectivity index (χ2v) is 4.64. The Morgan fingerprint density at radius 1 is 1.19 bits per heavy atom. The van der Waals surface area contributed by atoms with E-state index in [1.807, 2.05) is 0 Å². The number of carbonyl (C=O) groups excluding carboxylic acids is 3. The molecule has 1 rings (SSSR count). The molecule has 0 bridgehead atoms. The Bertz CT molecular complexity index is 421. The van der Waals surface area contributed by atoms with E-state index in [-0.39, 0.29) is 24.9 Å². The monoisotopic (exact) mass is 301 g/mol. The summed E-state index contributed by atoms with van der Waals surface area (Å²) in [5, 5.41) is 16.1. The minimum atomic E-state index is -1.36. The van der Waals surface area contributed by atoms with E-state index in [2.05, 4.69) is 20.7 Å². The minimum Gasteiger partial charge on any atom is -0.480 e. The van der Waals surface area contributed by atoms with E-state index in [0.717, 1.165) is 20.0 Å². The van der Waals surface area contributed by atoms with Gasteiger partial charge in [-0.25, -0.2) is 9.59 Å². The van der Waals surface area contributed by atoms with Crippen molar-refractivity contribution in [2.75, 3.05) is 20.2 Å². The van der Waals surface area contributed by atoms with Crippen molar-refractivity contribution in [2.45, 2.75) is 25.3 Å². The van der Waals surface area contributed by atoms with Crippen LogP contribution in [-0.4, -0.2) is 55.2 Å². The van der Waals surface area contributed by atoms with Gasteiger partial charge in [-0.2, -0.15) is 0 Å². The molecule has 21 heavy (non-hydrogen) atoms. The third-order valence-electron chi connectivity index (χ3n) is 2.86. The van der Waals surface area contributed by atoms with Crippen molar-refractivity contribution in [1.82, 2.24) is 16.0 Å². The largest absolute Gasteiger partial charge is 0.480 e. The Morgan fingerprint density at radius 3 is 2.33 bits per heavy atom. The van der Waals surface area contributed by atoms with Gasteiger partial charge in [-0.05, 0) is 12.8 Å². The number of ether oxygens (including phenoxy) is 1. The summed E-state index contributed by atoms with van der Waals surface area (Å²) in [6.45, 7) is 0.423. The lowest BCUT2D eigenvalue weighted by Gasteiger charge is -2.14. The van der Waals surface area contributed by atoms with Crippen molar-refractivity contribution in [2.24, 2.45) is 5.92 Å². The van der Waals surface area contributed by atoms with Gasteiger partial charge in [-0.1, -0.05) is 0 Å². The SMILES string of the molecule is COC(=O)C[C@H](NC(=O)NCCNC(=O)C1CC1)C(=O)O. The van der Waals surface area contributed by atoms with Crippen LogP contribution < -0.4 is 16.0 Å². The van der Waals surface area contributed by atoms with Crippen molar-refractivity contribution >= 4 is 23.9 Å². The van der Waals surface area contributed by atoms with Crippen molar-refractivity contribution < 1.29 is 29.0 Å². The van der Waals surface area contributed by atoms with Crippen LogP contribution in [0.2, 0.25) is 0 Å². The van der Waals surface area contributed by atoms with Crippen LogP contribution in [0.25, 0.3) is 0 Å². The van der Waals surface area contributed by atoms with Crippen molar-refractivity contribution in [3.05, 3.63) is 0 Å². The van der Waals surface area contributed by atoms with Gasteiger partial charge in [0.15, 0.2) is 0 Å². The van der Waals surface area contributed by atoms with E-state index in [9.17, 15) is 19.2 Å². The Balaban J connectivity index is 2.21. The quantitative estimate of drug-likeness (QED) is 0.329. The Morgan fingerprint density at radius 2 is 1.81 bits per heavy atom. The Kier molecular flexibility index (Phi) is 6.44. The van der Waals surface area contributed by atoms with Crippen LogP contribution >= 0.6 is 0 Å². The van der Waals surface area contributed by atoms with E-state index in [1.165, 1.54) is 0 Å². The fraction of sp³-hybridized carbons (Fsp3) is 0.667. The second-order valence-electron chi connectivity index (χ2n) is 4.64. The third-order valence-corrected chi connectivity index (χ3v) is 2.86. The van der Waals surface area contributed by atoms with E-state index in [1.54, 1.807) is 0 Å². The highest BCUT2D eigenvalue weighted by Crippen LogP contribution is 2.28. The number of hydrogen-bond acceptors (Lipinski definition) is 5. The number of amides is 3. The molecule has 0 aromatic carbocycles. The van der Waals surface area contributed by atoms with Crippen LogP contribution in [-0.2, 0) is 19.1 Å². The zero-order chi connectivity index (χ0) is 15.8. The van der Waals surface area contributed by atoms with Gasteiger partial charge in [0, 0.05) is 19.0 Å². The Hall–Kier alpha value is -2.32. The lowest BCUT2D eigenvalue weighted by Crippen LogP contribution is -2.48. The van der Waals surface area contributed by atoms with Crippen LogP contribution in [0.5, 0.6) is 0 Å². The van der Waals surface area contributed by atoms with Gasteiger partial charge in [0.05, 0.1) is 13.5 Å². The van der Waals surface area contributed by atoms with Gasteiger partial charge in [0.2, 0.25) is 5.91 Å². The molecule has 0 unspecified atom stereocenters. The van der Waals surface area contributed by atoms with Crippen LogP contribution in [0.3, 0.4) is 0 Å². The van der Waals surface area contributed by atoms with Crippen molar-refractivity contribution in [3.63, 3.8) is 0 Å². The standard InChI is InChI=1S/C12H19N3O6/c1-21-9(16)6-8(11(18)19)15-12(20)14-5-4-13-10(17)7-2-3-7/h7-8H,2-6H2,1H3,(H,13,17)(H,18,19)(H2,14,15,20)/t8-/m0/s1. The number of aliphatic carboxylic acids is 1. The number of nitrogens with one attached hydrogen (secondary N) is 3. The molecule has 3 amide bonds. The molecule has 1 aliphatic carbocycles. The zero-order valence-corrected chi connectivity index (χ0v) is 11.7. The number of carboxylic acid groups (broad SMARTS) is 1. The van der Waals surface area contributed by atoms with Crippen LogP contribution in [0.4, 0.5) is 4.79 Å². The van der Waals surface area contributed by atoms with E-state index < -0.39 is 30.4 Å². The number of urea groups is 1. The van der Waals surface area contributed by atoms with E-state index in [4.69, 9.17) is 5.11 Å². The molecule has 1 aliphatic rings. The number of rotatable bonds is 8. The highest BCUT2D eigenvalue weighted by molar-refractivity contribution is 5.86. The third kappa shape index (κ3) is 6.59. The molecule has 0 saturated heterocycles. The maximum absolute atomic E-state index is 11.5. The summed E-state index contributed by atoms with van der Waals surface area (Å²) in [4.78, 5) is 44.7. The summed E-state index contributed by atoms with van der Waals surface area (Å²) in [6.07, 6.45) is 1.33. The molecule has 0 aliphatic heterocycles. The van der Waals surface area contributed by atoms with Crippen molar-refractivity contribution in [3.8, 4) is 0 Å². The van der Waals surface area contributed by atoms with Crippen LogP contribution in [0.15, 0.2) is 0 Å². The molecule has 0 spiro atoms. The van der Waals surface area contributed by atoms with E-state index >= 15 is 0 Å². The topological polar surface area (TPSA) is 134 Å². The van der Waals surface area contributed by atoms with Gasteiger partial charge >= 0.3 is 18.0 Å². The molecular formula is C12H19N3O6. The number of hydrogen-bond donors (Lipinski definition) is 4. The van der Waals surface area contributed by atoms with Crippen LogP contribution in [0.1, 0.15) is 19.3 Å². The predicted octanol–water partition coefficient (Wildman–Crippen LogP) is -1.17. The lowest BCUT2D eigenvalue weighted by atomic mass is 10.2. The normalized spacial score (nSPS) is 14.7. The number of methoxy groups -OCH3 is 1. The summed E-state index contributed by atoms with van der Waals surface area (Å²) in [5.41, 5.74) is 0. The number of esters is 1. The summed E-state index contributed by atoms with van der Waals surface area (Å²) < 4.78 is 4.34. The van der Waals surface area contributed by atoms with Crippen LogP contribution in [0, 0.1) is 5.92 Å². The highest BCUT2D eigenvalue weighted by Gasteiger charge is 2.29. The first kappa shape index (κ1) is 16.7. The summed E-state index contributed by atoms with van der Waals surface area (Å²) >= 11 is 0. The summed E-state index contributed by atoms with van der Waals surface area (Å²) in [5.74, 6) is -2.02. The fourth-order valence-corrected chi connectivity index (χ4v) is 1.51. The molecule has 0 aromatic rings. The van der Waals surface area contributed by atoms with Gasteiger partial charge in [-0.15, -0.1) is 0 Å². The minimum absolute atomic E-state index is 0.0358. The molecule has 0 aromatic heterocycles. The number of carboxylic acids is 1. The molecule has 0 heterocycles. The van der Waals surface area contributed by atoms with Gasteiger partial charge in [-0.3, -0.25) is 9.59 Å². The average Bonchev–Trinajstić information content (AvgIpc) is 3.26. The molecular weight excluding hydrogens is 282 g/mol. The molecule has 4 N–H and O–H groups in total. The molecule has 0 radical (unpaired) electrons. The molecule has 9 nitrogen and oxygen atoms in total. The molecule has 9 heteroatoms. The lowest BCUT2D eigenvalue weighted by molar-refractivity contribution is -0.147. The first-order valence-corrected chi connectivity index (χ1v) is 6.55. The summed E-state index contributed by atoms with van der Waals surface area (Å²) in [7, 11) is 1.13. The molecule has 1 fully saturated rings. The fourth-order valence-electron chi connectivity index (χ4n) is 1.51. The Labute approximate surface area is 121 Å². The first-order chi connectivity index (χ1) is 9.93. The zero-order valence-electron chi connectivity index (χ0n) is 11.7. The second kappa shape index (κ2) is 8.08. The summed E-state index contributed by atoms with van der Waals surface area (Å²) in [6, 6.07) is -2.09. The van der Waals surface area contributed by atoms with Gasteiger partial charge in [0.25, 0.3) is 0 Å². The molecule has 1 atom stereocenters. The van der Waals surface area contributed by atoms with Crippen molar-refractivity contribution in [1.29, 1.82) is 0 Å². The smallest absolute Gasteiger partial charge is 0.326 e. The average molecular weight is 301 g/mol. The number of carbonyl (C=O) groups is 4. The highest BCUT2D eigenvalue weighted by atomic mass is 16.5. The van der Waals surface area contributed by atoms with E-state index in [0.29, 0.717) is 0 Å². The predicted molar refractivity (Wildman–Crippen MR) is 70.3 cm³/mol. The maximum atomic E-state index is 11.5. The molecule has 1 saturated carbocycles. The first-order valence-electron chi connectivity index (χ1n) is 6.55.